The van der Waals surface area contributed by atoms with E-state index < -0.39 is 11.7 Å². The molecule has 0 radical (unpaired) electrons. The standard InChI is InChI=1S/C30H24O4/c31-27(17-9-3-1-4-10-17)33-26-24-23-20-14-8-7-13-19(20)15-21(23)25-29(24)16-22(29)30(25,26)34-28(32)18-11-5-2-6-12-18/h1-14,21-26H,15-16H2/t21?,22?,23?,24?,25?,26?,29?,30-/m0/s1. The maximum absolute atomic E-state index is 13.3. The van der Waals surface area contributed by atoms with Crippen LogP contribution in [0.25, 0.3) is 0 Å². The largest absolute Gasteiger partial charge is 0.454 e. The van der Waals surface area contributed by atoms with Crippen molar-refractivity contribution in [1.29, 1.82) is 0 Å². The van der Waals surface area contributed by atoms with Gasteiger partial charge in [-0.1, -0.05) is 60.7 Å². The molecular formula is C30H24O4. The first kappa shape index (κ1) is 19.0. The van der Waals surface area contributed by atoms with E-state index in [-0.39, 0.29) is 29.2 Å². The Labute approximate surface area is 197 Å². The van der Waals surface area contributed by atoms with E-state index in [1.54, 1.807) is 24.3 Å². The lowest BCUT2D eigenvalue weighted by Gasteiger charge is -2.50. The summed E-state index contributed by atoms with van der Waals surface area (Å²) >= 11 is 0. The number of carbonyl (C=O) groups excluding carboxylic acids is 2. The summed E-state index contributed by atoms with van der Waals surface area (Å²) in [7, 11) is 0. The minimum Gasteiger partial charge on any atom is -0.454 e. The number of hydrogen-bond acceptors (Lipinski definition) is 4. The number of carbonyl (C=O) groups is 2. The summed E-state index contributed by atoms with van der Waals surface area (Å²) in [6.07, 6.45) is 1.71. The molecule has 0 saturated heterocycles. The third-order valence-corrected chi connectivity index (χ3v) is 9.72. The van der Waals surface area contributed by atoms with E-state index in [1.165, 1.54) is 11.1 Å². The van der Waals surface area contributed by atoms with Crippen LogP contribution in [0.3, 0.4) is 0 Å². The van der Waals surface area contributed by atoms with E-state index in [4.69, 9.17) is 9.47 Å². The zero-order chi connectivity index (χ0) is 22.7. The number of rotatable bonds is 4. The molecule has 8 atom stereocenters. The highest BCUT2D eigenvalue weighted by molar-refractivity contribution is 5.91. The fourth-order valence-corrected chi connectivity index (χ4v) is 8.88. The van der Waals surface area contributed by atoms with Crippen molar-refractivity contribution in [2.24, 2.45) is 29.1 Å². The lowest BCUT2D eigenvalue weighted by molar-refractivity contribution is -0.171. The second kappa shape index (κ2) is 6.18. The van der Waals surface area contributed by atoms with Crippen LogP contribution in [0.4, 0.5) is 0 Å². The Bertz CT molecular complexity index is 1350. The molecule has 5 saturated carbocycles. The Morgan fingerprint density at radius 1 is 0.794 bits per heavy atom. The summed E-state index contributed by atoms with van der Waals surface area (Å²) in [5.74, 6) is 0.983. The van der Waals surface area contributed by atoms with Gasteiger partial charge in [-0.15, -0.1) is 0 Å². The van der Waals surface area contributed by atoms with Crippen molar-refractivity contribution in [2.75, 3.05) is 0 Å². The van der Waals surface area contributed by atoms with E-state index in [9.17, 15) is 9.59 Å². The second-order valence-corrected chi connectivity index (χ2v) is 10.8. The summed E-state index contributed by atoms with van der Waals surface area (Å²) in [5.41, 5.74) is 3.38. The van der Waals surface area contributed by atoms with E-state index in [0.29, 0.717) is 28.9 Å². The van der Waals surface area contributed by atoms with E-state index >= 15 is 0 Å². The summed E-state index contributed by atoms with van der Waals surface area (Å²) < 4.78 is 12.8. The van der Waals surface area contributed by atoms with Gasteiger partial charge in [0.15, 0.2) is 5.60 Å². The summed E-state index contributed by atoms with van der Waals surface area (Å²) in [4.78, 5) is 26.6. The molecule has 3 aromatic carbocycles. The Hall–Kier alpha value is -3.40. The normalized spacial score (nSPS) is 38.8. The van der Waals surface area contributed by atoms with Gasteiger partial charge in [0.25, 0.3) is 0 Å². The maximum Gasteiger partial charge on any atom is 0.338 e. The van der Waals surface area contributed by atoms with Crippen molar-refractivity contribution in [1.82, 2.24) is 0 Å². The number of esters is 2. The maximum atomic E-state index is 13.3. The van der Waals surface area contributed by atoms with Crippen LogP contribution in [0.1, 0.15) is 44.2 Å². The Morgan fingerprint density at radius 3 is 2.18 bits per heavy atom. The molecule has 3 aromatic rings. The molecule has 0 N–H and O–H groups in total. The first-order valence-corrected chi connectivity index (χ1v) is 12.3. The van der Waals surface area contributed by atoms with E-state index in [2.05, 4.69) is 24.3 Å². The molecule has 6 aliphatic carbocycles. The van der Waals surface area contributed by atoms with E-state index in [0.717, 1.165) is 12.8 Å². The first-order chi connectivity index (χ1) is 16.7. The zero-order valence-corrected chi connectivity index (χ0v) is 18.6. The van der Waals surface area contributed by atoms with Crippen LogP contribution >= 0.6 is 0 Å². The van der Waals surface area contributed by atoms with Gasteiger partial charge in [-0.2, -0.15) is 0 Å². The van der Waals surface area contributed by atoms with E-state index in [1.807, 2.05) is 36.4 Å². The Balaban J connectivity index is 1.21. The SMILES string of the molecule is O=C(OC1C2C3c4ccccc4CC3C3C24CC4[C@@]13OC(=O)c1ccccc1)c1ccccc1. The molecule has 4 heteroatoms. The van der Waals surface area contributed by atoms with Crippen LogP contribution in [-0.2, 0) is 15.9 Å². The van der Waals surface area contributed by atoms with Crippen LogP contribution in [-0.4, -0.2) is 23.6 Å². The third kappa shape index (κ3) is 2.03. The molecule has 4 nitrogen and oxygen atoms in total. The minimum atomic E-state index is -0.703. The lowest BCUT2D eigenvalue weighted by Crippen LogP contribution is -2.61. The summed E-state index contributed by atoms with van der Waals surface area (Å²) in [6, 6.07) is 27.1. The molecule has 168 valence electrons. The molecule has 0 aliphatic heterocycles. The molecule has 0 amide bonds. The fraction of sp³-hybridized carbons (Fsp3) is 0.333. The first-order valence-electron chi connectivity index (χ1n) is 12.3. The van der Waals surface area contributed by atoms with Crippen molar-refractivity contribution in [3.63, 3.8) is 0 Å². The quantitative estimate of drug-likeness (QED) is 0.525. The second-order valence-electron chi connectivity index (χ2n) is 10.8. The molecule has 34 heavy (non-hydrogen) atoms. The van der Waals surface area contributed by atoms with Crippen molar-refractivity contribution < 1.29 is 19.1 Å². The van der Waals surface area contributed by atoms with Crippen LogP contribution in [0.2, 0.25) is 0 Å². The van der Waals surface area contributed by atoms with Gasteiger partial charge < -0.3 is 9.47 Å². The van der Waals surface area contributed by atoms with Gasteiger partial charge in [-0.05, 0) is 65.5 Å². The third-order valence-electron chi connectivity index (χ3n) is 9.72. The van der Waals surface area contributed by atoms with Crippen LogP contribution in [0.5, 0.6) is 0 Å². The van der Waals surface area contributed by atoms with Gasteiger partial charge >= 0.3 is 11.9 Å². The summed E-state index contributed by atoms with van der Waals surface area (Å²) in [6.45, 7) is 0. The highest BCUT2D eigenvalue weighted by Gasteiger charge is 3.00. The minimum absolute atomic E-state index is 0.168. The van der Waals surface area contributed by atoms with Crippen LogP contribution in [0, 0.1) is 29.1 Å². The predicted octanol–water partition coefficient (Wildman–Crippen LogP) is 5.04. The van der Waals surface area contributed by atoms with Gasteiger partial charge in [-0.25, -0.2) is 9.59 Å². The molecule has 7 unspecified atom stereocenters. The average Bonchev–Trinajstić information content (AvgIpc) is 3.07. The molecular weight excluding hydrogens is 424 g/mol. The zero-order valence-electron chi connectivity index (χ0n) is 18.6. The topological polar surface area (TPSA) is 52.6 Å². The highest BCUT2D eigenvalue weighted by atomic mass is 16.6. The molecule has 0 heterocycles. The van der Waals surface area contributed by atoms with Crippen LogP contribution < -0.4 is 0 Å². The molecule has 5 fully saturated rings. The monoisotopic (exact) mass is 448 g/mol. The molecule has 9 rings (SSSR count). The lowest BCUT2D eigenvalue weighted by atomic mass is 9.62. The van der Waals surface area contributed by atoms with Crippen molar-refractivity contribution in [3.05, 3.63) is 107 Å². The van der Waals surface area contributed by atoms with Gasteiger partial charge in [0, 0.05) is 17.8 Å². The van der Waals surface area contributed by atoms with Crippen molar-refractivity contribution in [2.45, 2.75) is 30.5 Å². The Morgan fingerprint density at radius 2 is 1.44 bits per heavy atom. The Kier molecular flexibility index (Phi) is 3.45. The smallest absolute Gasteiger partial charge is 0.338 e. The number of fused-ring (bicyclic) bond motifs is 3. The van der Waals surface area contributed by atoms with Gasteiger partial charge in [0.1, 0.15) is 6.10 Å². The summed E-state index contributed by atoms with van der Waals surface area (Å²) in [5, 5.41) is 0. The van der Waals surface area contributed by atoms with Gasteiger partial charge in [-0.3, -0.25) is 0 Å². The van der Waals surface area contributed by atoms with Crippen molar-refractivity contribution >= 4 is 11.9 Å². The molecule has 0 aromatic heterocycles. The highest BCUT2D eigenvalue weighted by Crippen LogP contribution is 2.95. The van der Waals surface area contributed by atoms with Gasteiger partial charge in [0.2, 0.25) is 0 Å². The number of hydrogen-bond donors (Lipinski definition) is 0. The molecule has 4 bridgehead atoms. The van der Waals surface area contributed by atoms with Gasteiger partial charge in [0.05, 0.1) is 11.1 Å². The van der Waals surface area contributed by atoms with Crippen molar-refractivity contribution in [3.8, 4) is 0 Å². The molecule has 6 aliphatic rings. The fourth-order valence-electron chi connectivity index (χ4n) is 8.88. The molecule has 1 spiro atoms. The predicted molar refractivity (Wildman–Crippen MR) is 124 cm³/mol. The number of benzene rings is 3. The average molecular weight is 449 g/mol. The van der Waals surface area contributed by atoms with Crippen LogP contribution in [0.15, 0.2) is 84.9 Å². The number of ether oxygens (including phenoxy) is 2.